The minimum Gasteiger partial charge on any atom is -0.382 e. The molecular formula is C23H40N4O. The summed E-state index contributed by atoms with van der Waals surface area (Å²) in [6.07, 6.45) is 4.82. The topological polar surface area (TPSA) is 48.9 Å². The fourth-order valence-corrected chi connectivity index (χ4v) is 3.50. The van der Waals surface area contributed by atoms with E-state index in [4.69, 9.17) is 9.73 Å². The van der Waals surface area contributed by atoms with Gasteiger partial charge < -0.3 is 15.4 Å². The van der Waals surface area contributed by atoms with Gasteiger partial charge in [-0.1, -0.05) is 31.2 Å². The molecule has 5 nitrogen and oxygen atoms in total. The zero-order valence-electron chi connectivity index (χ0n) is 18.2. The van der Waals surface area contributed by atoms with E-state index in [1.54, 1.807) is 0 Å². The van der Waals surface area contributed by atoms with Crippen LogP contribution in [0.3, 0.4) is 0 Å². The zero-order valence-corrected chi connectivity index (χ0v) is 18.2. The highest BCUT2D eigenvalue weighted by molar-refractivity contribution is 5.79. The Kier molecular flexibility index (Phi) is 11.0. The van der Waals surface area contributed by atoms with Crippen molar-refractivity contribution in [1.29, 1.82) is 0 Å². The van der Waals surface area contributed by atoms with Crippen molar-refractivity contribution in [3.63, 3.8) is 0 Å². The first-order valence-corrected chi connectivity index (χ1v) is 11.1. The second-order valence-corrected chi connectivity index (χ2v) is 7.80. The molecule has 158 valence electrons. The SMILES string of the molecule is CCNC(=NCc1cccc(CN2CCC(C)CC2)c1)NCCCCOCC. The number of ether oxygens (including phenoxy) is 1. The number of aliphatic imine (C=N–C) groups is 1. The third-order valence-corrected chi connectivity index (χ3v) is 5.25. The fourth-order valence-electron chi connectivity index (χ4n) is 3.50. The molecule has 2 N–H and O–H groups in total. The maximum atomic E-state index is 5.39. The largest absolute Gasteiger partial charge is 0.382 e. The Morgan fingerprint density at radius 1 is 1.14 bits per heavy atom. The number of piperidine rings is 1. The molecule has 1 aliphatic heterocycles. The van der Waals surface area contributed by atoms with Crippen LogP contribution >= 0.6 is 0 Å². The van der Waals surface area contributed by atoms with Crippen molar-refractivity contribution in [1.82, 2.24) is 15.5 Å². The minimum atomic E-state index is 0.707. The van der Waals surface area contributed by atoms with Crippen LogP contribution in [0.2, 0.25) is 0 Å². The smallest absolute Gasteiger partial charge is 0.191 e. The zero-order chi connectivity index (χ0) is 20.0. The molecule has 1 aromatic rings. The molecular weight excluding hydrogens is 348 g/mol. The Labute approximate surface area is 171 Å². The van der Waals surface area contributed by atoms with Crippen LogP contribution in [0.4, 0.5) is 0 Å². The predicted octanol–water partition coefficient (Wildman–Crippen LogP) is 3.79. The molecule has 1 aliphatic rings. The second-order valence-electron chi connectivity index (χ2n) is 7.80. The molecule has 0 saturated carbocycles. The first kappa shape index (κ1) is 22.7. The summed E-state index contributed by atoms with van der Waals surface area (Å²) in [7, 11) is 0. The van der Waals surface area contributed by atoms with Crippen molar-refractivity contribution in [3.8, 4) is 0 Å². The summed E-state index contributed by atoms with van der Waals surface area (Å²) in [5.41, 5.74) is 2.67. The Hall–Kier alpha value is -1.59. The summed E-state index contributed by atoms with van der Waals surface area (Å²) in [5, 5.41) is 6.77. The van der Waals surface area contributed by atoms with Gasteiger partial charge >= 0.3 is 0 Å². The number of likely N-dealkylation sites (tertiary alicyclic amines) is 1. The number of benzene rings is 1. The Bertz CT molecular complexity index is 567. The first-order chi connectivity index (χ1) is 13.7. The van der Waals surface area contributed by atoms with Crippen molar-refractivity contribution in [3.05, 3.63) is 35.4 Å². The van der Waals surface area contributed by atoms with Crippen LogP contribution in [0.5, 0.6) is 0 Å². The number of nitrogens with one attached hydrogen (secondary N) is 2. The van der Waals surface area contributed by atoms with E-state index in [0.717, 1.165) is 57.6 Å². The van der Waals surface area contributed by atoms with Crippen molar-refractivity contribution in [2.45, 2.75) is 59.5 Å². The minimum absolute atomic E-state index is 0.707. The van der Waals surface area contributed by atoms with E-state index >= 15 is 0 Å². The van der Waals surface area contributed by atoms with Crippen LogP contribution in [0, 0.1) is 5.92 Å². The Balaban J connectivity index is 1.80. The van der Waals surface area contributed by atoms with Gasteiger partial charge in [0.1, 0.15) is 0 Å². The van der Waals surface area contributed by atoms with E-state index < -0.39 is 0 Å². The van der Waals surface area contributed by atoms with Gasteiger partial charge in [0, 0.05) is 32.8 Å². The van der Waals surface area contributed by atoms with Crippen LogP contribution in [0.25, 0.3) is 0 Å². The van der Waals surface area contributed by atoms with Gasteiger partial charge in [0.05, 0.1) is 6.54 Å². The monoisotopic (exact) mass is 388 g/mol. The number of rotatable bonds is 11. The molecule has 0 atom stereocenters. The quantitative estimate of drug-likeness (QED) is 0.344. The first-order valence-electron chi connectivity index (χ1n) is 11.1. The lowest BCUT2D eigenvalue weighted by Crippen LogP contribution is -2.37. The summed E-state index contributed by atoms with van der Waals surface area (Å²) in [6.45, 7) is 14.2. The summed E-state index contributed by atoms with van der Waals surface area (Å²) < 4.78 is 5.39. The van der Waals surface area contributed by atoms with E-state index in [2.05, 4.69) is 53.6 Å². The van der Waals surface area contributed by atoms with Gasteiger partial charge in [-0.15, -0.1) is 0 Å². The summed E-state index contributed by atoms with van der Waals surface area (Å²) in [5.74, 6) is 1.78. The molecule has 5 heteroatoms. The molecule has 2 rings (SSSR count). The van der Waals surface area contributed by atoms with Gasteiger partial charge in [-0.2, -0.15) is 0 Å². The van der Waals surface area contributed by atoms with Crippen molar-refractivity contribution in [2.24, 2.45) is 10.9 Å². The van der Waals surface area contributed by atoms with Crippen molar-refractivity contribution < 1.29 is 4.74 Å². The molecule has 0 aliphatic carbocycles. The molecule has 0 unspecified atom stereocenters. The van der Waals surface area contributed by atoms with E-state index in [1.165, 1.54) is 37.1 Å². The molecule has 0 spiro atoms. The average Bonchev–Trinajstić information content (AvgIpc) is 2.71. The van der Waals surface area contributed by atoms with E-state index in [-0.39, 0.29) is 0 Å². The summed E-state index contributed by atoms with van der Waals surface area (Å²) in [4.78, 5) is 7.34. The highest BCUT2D eigenvalue weighted by atomic mass is 16.5. The number of hydrogen-bond donors (Lipinski definition) is 2. The molecule has 1 aromatic carbocycles. The predicted molar refractivity (Wildman–Crippen MR) is 119 cm³/mol. The van der Waals surface area contributed by atoms with Gasteiger partial charge in [0.15, 0.2) is 5.96 Å². The Morgan fingerprint density at radius 2 is 1.93 bits per heavy atom. The van der Waals surface area contributed by atoms with Gasteiger partial charge in [-0.3, -0.25) is 4.90 Å². The molecule has 0 bridgehead atoms. The standard InChI is InChI=1S/C23H40N4O/c1-4-24-23(25-13-6-7-16-28-5-2)26-18-21-9-8-10-22(17-21)19-27-14-11-20(3)12-15-27/h8-10,17,20H,4-7,11-16,18-19H2,1-3H3,(H2,24,25,26). The van der Waals surface area contributed by atoms with Gasteiger partial charge in [-0.05, 0) is 69.7 Å². The molecule has 0 aromatic heterocycles. The third-order valence-electron chi connectivity index (χ3n) is 5.25. The third kappa shape index (κ3) is 9.07. The molecule has 1 heterocycles. The molecule has 1 fully saturated rings. The van der Waals surface area contributed by atoms with Gasteiger partial charge in [0.2, 0.25) is 0 Å². The number of hydrogen-bond acceptors (Lipinski definition) is 3. The van der Waals surface area contributed by atoms with Gasteiger partial charge in [-0.25, -0.2) is 4.99 Å². The van der Waals surface area contributed by atoms with Crippen LogP contribution in [-0.2, 0) is 17.8 Å². The maximum absolute atomic E-state index is 5.39. The average molecular weight is 389 g/mol. The second kappa shape index (κ2) is 13.6. The molecule has 0 amide bonds. The Morgan fingerprint density at radius 3 is 2.68 bits per heavy atom. The van der Waals surface area contributed by atoms with Crippen molar-refractivity contribution >= 4 is 5.96 Å². The lowest BCUT2D eigenvalue weighted by molar-refractivity contribution is 0.143. The number of guanidine groups is 1. The number of nitrogens with zero attached hydrogens (tertiary/aromatic N) is 2. The van der Waals surface area contributed by atoms with E-state index in [0.29, 0.717) is 6.54 Å². The number of unbranched alkanes of at least 4 members (excludes halogenated alkanes) is 1. The van der Waals surface area contributed by atoms with Gasteiger partial charge in [0.25, 0.3) is 0 Å². The molecule has 28 heavy (non-hydrogen) atoms. The molecule has 0 radical (unpaired) electrons. The van der Waals surface area contributed by atoms with E-state index in [1.807, 2.05) is 6.92 Å². The van der Waals surface area contributed by atoms with Crippen LogP contribution in [0.15, 0.2) is 29.3 Å². The van der Waals surface area contributed by atoms with Crippen LogP contribution in [0.1, 0.15) is 57.6 Å². The van der Waals surface area contributed by atoms with Crippen LogP contribution < -0.4 is 10.6 Å². The summed E-state index contributed by atoms with van der Waals surface area (Å²) in [6, 6.07) is 8.90. The van der Waals surface area contributed by atoms with Crippen molar-refractivity contribution in [2.75, 3.05) is 39.4 Å². The fraction of sp³-hybridized carbons (Fsp3) is 0.696. The van der Waals surface area contributed by atoms with Crippen LogP contribution in [-0.4, -0.2) is 50.3 Å². The lowest BCUT2D eigenvalue weighted by atomic mass is 9.98. The molecule has 1 saturated heterocycles. The maximum Gasteiger partial charge on any atom is 0.191 e. The highest BCUT2D eigenvalue weighted by Gasteiger charge is 2.15. The lowest BCUT2D eigenvalue weighted by Gasteiger charge is -2.30. The normalized spacial score (nSPS) is 16.3. The van der Waals surface area contributed by atoms with E-state index in [9.17, 15) is 0 Å². The highest BCUT2D eigenvalue weighted by Crippen LogP contribution is 2.18. The summed E-state index contributed by atoms with van der Waals surface area (Å²) >= 11 is 0.